The van der Waals surface area contributed by atoms with Crippen LogP contribution in [0.5, 0.6) is 0 Å². The number of para-hydroxylation sites is 1. The van der Waals surface area contributed by atoms with Gasteiger partial charge < -0.3 is 9.47 Å². The molecule has 3 aliphatic carbocycles. The molecule has 14 rings (SSSR count). The fraction of sp³-hybridized carbons (Fsp3) is 0.205. The van der Waals surface area contributed by atoms with E-state index >= 15 is 0 Å². The van der Waals surface area contributed by atoms with E-state index in [1.54, 1.807) is 0 Å². The fourth-order valence-corrected chi connectivity index (χ4v) is 14.4. The van der Waals surface area contributed by atoms with Crippen molar-refractivity contribution in [3.63, 3.8) is 0 Å². The summed E-state index contributed by atoms with van der Waals surface area (Å²) in [5.41, 5.74) is 26.4. The van der Waals surface area contributed by atoms with Crippen molar-refractivity contribution < 1.29 is 0 Å². The van der Waals surface area contributed by atoms with Crippen LogP contribution >= 0.6 is 0 Å². The Morgan fingerprint density at radius 2 is 0.973 bits per heavy atom. The minimum absolute atomic E-state index is 0.000156. The number of hydrogen-bond acceptors (Lipinski definition) is 1. The average Bonchev–Trinajstić information content (AvgIpc) is 4.12. The molecule has 0 amide bonds. The Balaban J connectivity index is 0.787. The molecule has 2 nitrogen and oxygen atoms in total. The minimum atomic E-state index is -0.117. The topological polar surface area (TPSA) is 8.17 Å². The Morgan fingerprint density at radius 3 is 1.61 bits per heavy atom. The molecule has 2 heteroatoms. The standard InChI is InChI=1S/C73H64N2/c1-7-9-42-73(8-2,51-30-34-53(35-31-51)74-67-24-16-12-20-57(67)61-45-49(28-40-69(61)74)47-26-38-65-59(43-47)55-18-10-14-22-63(55)71(65,3)4)52-32-36-54(37-33-52)75-68-25-17-13-21-58(68)62-46-50(29-41-70(62)75)48-27-39-66-60(44-48)56-19-11-15-23-64(56)72(66,5)6/h10-41,43-46,57,67H,7-9,42H2,1-6H3. The second-order valence-electron chi connectivity index (χ2n) is 23.0. The van der Waals surface area contributed by atoms with Crippen molar-refractivity contribution in [2.45, 2.75) is 95.4 Å². The van der Waals surface area contributed by atoms with Gasteiger partial charge in [-0.3, -0.25) is 0 Å². The first-order valence-corrected chi connectivity index (χ1v) is 27.6. The van der Waals surface area contributed by atoms with E-state index in [1.807, 2.05) is 0 Å². The average molecular weight is 969 g/mol. The number of nitrogens with zero attached hydrogens (tertiary/aromatic N) is 2. The van der Waals surface area contributed by atoms with Crippen LogP contribution in [0.2, 0.25) is 0 Å². The summed E-state index contributed by atoms with van der Waals surface area (Å²) in [4.78, 5) is 2.59. The van der Waals surface area contributed by atoms with Gasteiger partial charge in [0.05, 0.1) is 17.1 Å². The number of aromatic nitrogens is 1. The maximum atomic E-state index is 2.59. The third-order valence-corrected chi connectivity index (χ3v) is 18.5. The van der Waals surface area contributed by atoms with Crippen LogP contribution in [0.4, 0.5) is 11.4 Å². The van der Waals surface area contributed by atoms with Crippen LogP contribution in [0.3, 0.4) is 0 Å². The molecule has 0 radical (unpaired) electrons. The van der Waals surface area contributed by atoms with Gasteiger partial charge >= 0.3 is 0 Å². The van der Waals surface area contributed by atoms with Crippen molar-refractivity contribution in [2.75, 3.05) is 4.90 Å². The molecule has 4 aliphatic rings. The number of unbranched alkanes of at least 4 members (excludes halogenated alkanes) is 1. The number of rotatable bonds is 10. The predicted octanol–water partition coefficient (Wildman–Crippen LogP) is 19.3. The van der Waals surface area contributed by atoms with Gasteiger partial charge in [-0.05, 0) is 163 Å². The van der Waals surface area contributed by atoms with E-state index < -0.39 is 0 Å². The summed E-state index contributed by atoms with van der Waals surface area (Å²) in [6.45, 7) is 14.1. The summed E-state index contributed by atoms with van der Waals surface area (Å²) in [7, 11) is 0. The third-order valence-electron chi connectivity index (χ3n) is 18.5. The van der Waals surface area contributed by atoms with E-state index in [2.05, 4.69) is 269 Å². The van der Waals surface area contributed by atoms with E-state index in [1.165, 1.54) is 122 Å². The van der Waals surface area contributed by atoms with Crippen molar-refractivity contribution >= 4 is 33.2 Å². The van der Waals surface area contributed by atoms with Crippen LogP contribution < -0.4 is 4.90 Å². The zero-order valence-corrected chi connectivity index (χ0v) is 44.2. The van der Waals surface area contributed by atoms with Crippen molar-refractivity contribution in [3.05, 3.63) is 257 Å². The van der Waals surface area contributed by atoms with Gasteiger partial charge in [-0.15, -0.1) is 0 Å². The molecule has 366 valence electrons. The van der Waals surface area contributed by atoms with Gasteiger partial charge in [0.25, 0.3) is 0 Å². The maximum absolute atomic E-state index is 2.59. The minimum Gasteiger partial charge on any atom is -0.333 e. The first-order chi connectivity index (χ1) is 36.6. The quantitative estimate of drug-likeness (QED) is 0.133. The highest BCUT2D eigenvalue weighted by molar-refractivity contribution is 6.10. The Labute approximate surface area is 443 Å². The summed E-state index contributed by atoms with van der Waals surface area (Å²) >= 11 is 0. The van der Waals surface area contributed by atoms with Gasteiger partial charge in [-0.1, -0.05) is 206 Å². The van der Waals surface area contributed by atoms with E-state index in [0.717, 1.165) is 25.7 Å². The SMILES string of the molecule is CCCCC(CC)(c1ccc(N2c3ccc(-c4ccc5c(c4)-c4ccccc4C5(C)C)cc3C3C=CC=CC32)cc1)c1ccc(-n2c3ccccc3c3cc(-c4ccc5c(c4)-c4ccccc4C5(C)C)ccc32)cc1. The zero-order valence-electron chi connectivity index (χ0n) is 44.2. The lowest BCUT2D eigenvalue weighted by Crippen LogP contribution is -2.29. The molecule has 3 atom stereocenters. The van der Waals surface area contributed by atoms with Gasteiger partial charge in [0.15, 0.2) is 0 Å². The molecule has 0 spiro atoms. The van der Waals surface area contributed by atoms with E-state index in [0.29, 0.717) is 0 Å². The number of allylic oxidation sites excluding steroid dienone is 2. The van der Waals surface area contributed by atoms with Gasteiger partial charge in [0.1, 0.15) is 0 Å². The molecule has 0 saturated heterocycles. The molecule has 75 heavy (non-hydrogen) atoms. The van der Waals surface area contributed by atoms with Crippen LogP contribution in [0.15, 0.2) is 218 Å². The number of fused-ring (bicyclic) bond motifs is 12. The van der Waals surface area contributed by atoms with Crippen molar-refractivity contribution in [2.24, 2.45) is 0 Å². The van der Waals surface area contributed by atoms with Gasteiger partial charge in [-0.2, -0.15) is 0 Å². The van der Waals surface area contributed by atoms with E-state index in [9.17, 15) is 0 Å². The Hall–Kier alpha value is -7.94. The normalized spacial score (nSPS) is 17.9. The lowest BCUT2D eigenvalue weighted by atomic mass is 9.69. The molecule has 2 heterocycles. The molecule has 3 unspecified atom stereocenters. The second-order valence-corrected chi connectivity index (χ2v) is 23.0. The number of benzene rings is 9. The molecule has 1 aliphatic heterocycles. The number of hydrogen-bond donors (Lipinski definition) is 0. The van der Waals surface area contributed by atoms with Crippen molar-refractivity contribution in [3.8, 4) is 50.2 Å². The largest absolute Gasteiger partial charge is 0.333 e. The number of anilines is 2. The molecular formula is C73H64N2. The Morgan fingerprint density at radius 1 is 0.453 bits per heavy atom. The molecular weight excluding hydrogens is 905 g/mol. The first kappa shape index (κ1) is 45.7. The third kappa shape index (κ3) is 6.77. The second kappa shape index (κ2) is 17.1. The van der Waals surface area contributed by atoms with Gasteiger partial charge in [0, 0.05) is 50.0 Å². The summed E-state index contributed by atoms with van der Waals surface area (Å²) in [5.74, 6) is 0.282. The van der Waals surface area contributed by atoms with Crippen molar-refractivity contribution in [1.29, 1.82) is 0 Å². The molecule has 1 aromatic heterocycles. The maximum Gasteiger partial charge on any atom is 0.0629 e. The molecule has 0 bridgehead atoms. The Kier molecular flexibility index (Phi) is 10.4. The smallest absolute Gasteiger partial charge is 0.0629 e. The van der Waals surface area contributed by atoms with Gasteiger partial charge in [0.2, 0.25) is 0 Å². The van der Waals surface area contributed by atoms with Crippen LogP contribution in [0.25, 0.3) is 72.0 Å². The predicted molar refractivity (Wildman–Crippen MR) is 317 cm³/mol. The Bertz CT molecular complexity index is 3990. The van der Waals surface area contributed by atoms with Crippen LogP contribution in [-0.2, 0) is 16.2 Å². The fourth-order valence-electron chi connectivity index (χ4n) is 14.4. The van der Waals surface area contributed by atoms with Gasteiger partial charge in [-0.25, -0.2) is 0 Å². The molecule has 10 aromatic rings. The zero-order chi connectivity index (χ0) is 50.8. The molecule has 0 saturated carbocycles. The first-order valence-electron chi connectivity index (χ1n) is 27.6. The highest BCUT2D eigenvalue weighted by Gasteiger charge is 2.40. The highest BCUT2D eigenvalue weighted by atomic mass is 15.2. The lowest BCUT2D eigenvalue weighted by Gasteiger charge is -2.35. The van der Waals surface area contributed by atoms with Crippen molar-refractivity contribution in [1.82, 2.24) is 4.57 Å². The van der Waals surface area contributed by atoms with Crippen LogP contribution in [0.1, 0.15) is 112 Å². The summed E-state index contributed by atoms with van der Waals surface area (Å²) in [6, 6.07) is 74.9. The summed E-state index contributed by atoms with van der Waals surface area (Å²) in [6.07, 6.45) is 13.7. The molecule has 0 fully saturated rings. The van der Waals surface area contributed by atoms with Crippen LogP contribution in [0, 0.1) is 0 Å². The molecule has 0 N–H and O–H groups in total. The molecule has 9 aromatic carbocycles. The summed E-state index contributed by atoms with van der Waals surface area (Å²) in [5, 5.41) is 2.56. The lowest BCUT2D eigenvalue weighted by molar-refractivity contribution is 0.437. The summed E-state index contributed by atoms with van der Waals surface area (Å²) < 4.78 is 2.47. The van der Waals surface area contributed by atoms with E-state index in [4.69, 9.17) is 0 Å². The monoisotopic (exact) mass is 969 g/mol. The van der Waals surface area contributed by atoms with Crippen LogP contribution in [-0.4, -0.2) is 10.6 Å². The highest BCUT2D eigenvalue weighted by Crippen LogP contribution is 2.53. The van der Waals surface area contributed by atoms with E-state index in [-0.39, 0.29) is 28.2 Å².